The van der Waals surface area contributed by atoms with Crippen LogP contribution in [0.4, 0.5) is 4.79 Å². The molecule has 3 amide bonds. The Morgan fingerprint density at radius 1 is 1.29 bits per heavy atom. The molecular weight excluding hydrogens is 308 g/mol. The summed E-state index contributed by atoms with van der Waals surface area (Å²) in [6.45, 7) is 7.59. The lowest BCUT2D eigenvalue weighted by molar-refractivity contribution is -0.119. The van der Waals surface area contributed by atoms with Crippen LogP contribution in [0, 0.1) is 20.8 Å². The number of carbonyl (C=O) groups excluding carboxylic acids is 2. The van der Waals surface area contributed by atoms with Gasteiger partial charge in [-0.3, -0.25) is 10.1 Å². The van der Waals surface area contributed by atoms with E-state index in [2.05, 4.69) is 15.3 Å². The van der Waals surface area contributed by atoms with Crippen LogP contribution >= 0.6 is 23.1 Å². The van der Waals surface area contributed by atoms with Gasteiger partial charge in [0.15, 0.2) is 0 Å². The minimum absolute atomic E-state index is 0.429. The van der Waals surface area contributed by atoms with Gasteiger partial charge < -0.3 is 5.73 Å². The summed E-state index contributed by atoms with van der Waals surface area (Å²) in [5, 5.41) is 3.34. The summed E-state index contributed by atoms with van der Waals surface area (Å²) in [6, 6.07) is -0.848. The van der Waals surface area contributed by atoms with Gasteiger partial charge in [-0.25, -0.2) is 14.8 Å². The molecule has 0 saturated heterocycles. The number of nitrogens with zero attached hydrogens (tertiary/aromatic N) is 2. The highest BCUT2D eigenvalue weighted by Gasteiger charge is 2.20. The summed E-state index contributed by atoms with van der Waals surface area (Å²) < 4.78 is 0. The highest BCUT2D eigenvalue weighted by molar-refractivity contribution is 8.00. The minimum atomic E-state index is -0.848. The topological polar surface area (TPSA) is 98.0 Å². The quantitative estimate of drug-likeness (QED) is 0.667. The first-order chi connectivity index (χ1) is 9.79. The van der Waals surface area contributed by atoms with E-state index >= 15 is 0 Å². The van der Waals surface area contributed by atoms with Crippen molar-refractivity contribution in [1.82, 2.24) is 15.3 Å². The molecule has 8 heteroatoms. The maximum Gasteiger partial charge on any atom is 0.318 e. The van der Waals surface area contributed by atoms with Crippen LogP contribution in [0.25, 0.3) is 10.2 Å². The van der Waals surface area contributed by atoms with Gasteiger partial charge in [-0.05, 0) is 33.3 Å². The molecular formula is C13H16N4O2S2. The van der Waals surface area contributed by atoms with E-state index in [0.29, 0.717) is 5.82 Å². The summed E-state index contributed by atoms with van der Waals surface area (Å²) in [5.41, 5.74) is 6.09. The zero-order chi connectivity index (χ0) is 15.7. The molecule has 3 N–H and O–H groups in total. The highest BCUT2D eigenvalue weighted by atomic mass is 32.2. The van der Waals surface area contributed by atoms with Gasteiger partial charge >= 0.3 is 6.03 Å². The summed E-state index contributed by atoms with van der Waals surface area (Å²) in [6.07, 6.45) is 0. The van der Waals surface area contributed by atoms with E-state index in [1.807, 2.05) is 20.8 Å². The number of carbonyl (C=O) groups is 2. The van der Waals surface area contributed by atoms with Crippen molar-refractivity contribution in [3.8, 4) is 0 Å². The second-order valence-electron chi connectivity index (χ2n) is 4.65. The molecule has 2 aromatic heterocycles. The first-order valence-corrected chi connectivity index (χ1v) is 8.00. The third-order valence-corrected chi connectivity index (χ3v) is 5.20. The lowest BCUT2D eigenvalue weighted by atomic mass is 10.2. The smallest absolute Gasteiger partial charge is 0.318 e. The number of hydrogen-bond acceptors (Lipinski definition) is 6. The van der Waals surface area contributed by atoms with Crippen molar-refractivity contribution in [2.75, 3.05) is 0 Å². The van der Waals surface area contributed by atoms with Crippen LogP contribution in [0.3, 0.4) is 0 Å². The van der Waals surface area contributed by atoms with Gasteiger partial charge in [0.25, 0.3) is 0 Å². The number of primary amides is 1. The van der Waals surface area contributed by atoms with Crippen LogP contribution in [0.15, 0.2) is 5.03 Å². The minimum Gasteiger partial charge on any atom is -0.351 e. The van der Waals surface area contributed by atoms with Gasteiger partial charge in [-0.2, -0.15) is 0 Å². The second-order valence-corrected chi connectivity index (χ2v) is 7.19. The number of rotatable bonds is 3. The lowest BCUT2D eigenvalue weighted by Crippen LogP contribution is -2.39. The largest absolute Gasteiger partial charge is 0.351 e. The zero-order valence-electron chi connectivity index (χ0n) is 12.2. The molecule has 21 heavy (non-hydrogen) atoms. The van der Waals surface area contributed by atoms with Crippen LogP contribution in [0.1, 0.15) is 23.2 Å². The molecule has 0 fully saturated rings. The molecule has 2 heterocycles. The number of fused-ring (bicyclic) bond motifs is 1. The predicted molar refractivity (Wildman–Crippen MR) is 84.7 cm³/mol. The molecule has 0 saturated carbocycles. The van der Waals surface area contributed by atoms with E-state index in [1.165, 1.54) is 16.6 Å². The molecule has 2 aromatic rings. The Balaban J connectivity index is 2.37. The summed E-state index contributed by atoms with van der Waals surface area (Å²) in [4.78, 5) is 33.5. The molecule has 0 unspecified atom stereocenters. The molecule has 0 radical (unpaired) electrons. The molecule has 0 bridgehead atoms. The lowest BCUT2D eigenvalue weighted by Gasteiger charge is -2.11. The number of nitrogens with one attached hydrogen (secondary N) is 1. The third kappa shape index (κ3) is 3.33. The standard InChI is InChI=1S/C13H16N4O2S2/c1-5-6(2)20-11-9(5)12(16-8(4)15-11)21-7(3)10(18)17-13(14)19/h7H,1-4H3,(H3,14,17,18,19)/t7-/m1/s1. The Morgan fingerprint density at radius 3 is 2.57 bits per heavy atom. The van der Waals surface area contributed by atoms with Crippen molar-refractivity contribution < 1.29 is 9.59 Å². The number of urea groups is 1. The monoisotopic (exact) mass is 324 g/mol. The van der Waals surface area contributed by atoms with Gasteiger partial charge in [0.2, 0.25) is 5.91 Å². The Bertz CT molecular complexity index is 727. The average molecular weight is 324 g/mol. The number of aryl methyl sites for hydroxylation is 3. The number of aromatic nitrogens is 2. The van der Waals surface area contributed by atoms with E-state index < -0.39 is 17.2 Å². The van der Waals surface area contributed by atoms with E-state index in [0.717, 1.165) is 20.8 Å². The fourth-order valence-electron chi connectivity index (χ4n) is 1.84. The van der Waals surface area contributed by atoms with Crippen LogP contribution in [0.2, 0.25) is 0 Å². The van der Waals surface area contributed by atoms with Crippen LogP contribution < -0.4 is 11.1 Å². The van der Waals surface area contributed by atoms with Gasteiger partial charge in [-0.1, -0.05) is 11.8 Å². The first-order valence-electron chi connectivity index (χ1n) is 6.31. The summed E-state index contributed by atoms with van der Waals surface area (Å²) >= 11 is 2.91. The van der Waals surface area contributed by atoms with Crippen molar-refractivity contribution in [2.45, 2.75) is 38.0 Å². The van der Waals surface area contributed by atoms with Crippen molar-refractivity contribution in [1.29, 1.82) is 0 Å². The van der Waals surface area contributed by atoms with E-state index in [1.54, 1.807) is 18.3 Å². The zero-order valence-corrected chi connectivity index (χ0v) is 13.8. The molecule has 0 aliphatic heterocycles. The summed E-state index contributed by atoms with van der Waals surface area (Å²) in [5.74, 6) is 0.232. The van der Waals surface area contributed by atoms with Crippen LogP contribution in [-0.4, -0.2) is 27.2 Å². The highest BCUT2D eigenvalue weighted by Crippen LogP contribution is 2.36. The number of nitrogens with two attached hydrogens (primary N) is 1. The molecule has 0 aromatic carbocycles. The molecule has 0 aliphatic carbocycles. The fraction of sp³-hybridized carbons (Fsp3) is 0.385. The van der Waals surface area contributed by atoms with Crippen molar-refractivity contribution in [3.05, 3.63) is 16.3 Å². The maximum atomic E-state index is 11.8. The molecule has 1 atom stereocenters. The van der Waals surface area contributed by atoms with Gasteiger partial charge in [0, 0.05) is 10.3 Å². The molecule has 0 aliphatic rings. The average Bonchev–Trinajstić information content (AvgIpc) is 2.63. The van der Waals surface area contributed by atoms with Gasteiger partial charge in [0.05, 0.1) is 5.25 Å². The van der Waals surface area contributed by atoms with Gasteiger partial charge in [-0.15, -0.1) is 11.3 Å². The Kier molecular flexibility index (Phi) is 4.48. The van der Waals surface area contributed by atoms with Crippen LogP contribution in [0.5, 0.6) is 0 Å². The molecule has 112 valence electrons. The van der Waals surface area contributed by atoms with Crippen molar-refractivity contribution >= 4 is 45.3 Å². The van der Waals surface area contributed by atoms with E-state index in [9.17, 15) is 9.59 Å². The Morgan fingerprint density at radius 2 is 1.95 bits per heavy atom. The molecule has 2 rings (SSSR count). The number of amides is 3. The van der Waals surface area contributed by atoms with Gasteiger partial charge in [0.1, 0.15) is 15.7 Å². The van der Waals surface area contributed by atoms with Crippen molar-refractivity contribution in [2.24, 2.45) is 5.73 Å². The predicted octanol–water partition coefficient (Wildman–Crippen LogP) is 2.29. The second kappa shape index (κ2) is 5.98. The maximum absolute atomic E-state index is 11.8. The number of thioether (sulfide) groups is 1. The SMILES string of the molecule is Cc1nc(S[C@H](C)C(=O)NC(N)=O)c2c(C)c(C)sc2n1. The number of thiophene rings is 1. The fourth-order valence-corrected chi connectivity index (χ4v) is 4.04. The molecule has 6 nitrogen and oxygen atoms in total. The Labute approximate surface area is 130 Å². The van der Waals surface area contributed by atoms with Crippen molar-refractivity contribution in [3.63, 3.8) is 0 Å². The normalized spacial score (nSPS) is 12.4. The Hall–Kier alpha value is -1.67. The first kappa shape index (κ1) is 15.7. The van der Waals surface area contributed by atoms with E-state index in [4.69, 9.17) is 5.73 Å². The van der Waals surface area contributed by atoms with E-state index in [-0.39, 0.29) is 0 Å². The van der Waals surface area contributed by atoms with Crippen LogP contribution in [-0.2, 0) is 4.79 Å². The number of hydrogen-bond donors (Lipinski definition) is 2. The number of imide groups is 1. The molecule has 0 spiro atoms. The third-order valence-electron chi connectivity index (χ3n) is 3.01. The summed E-state index contributed by atoms with van der Waals surface area (Å²) in [7, 11) is 0.